The maximum atomic E-state index is 11.9. The molecular weight excluding hydrogens is 260 g/mol. The Morgan fingerprint density at radius 2 is 1.76 bits per heavy atom. The molecule has 3 nitrogen and oxygen atoms in total. The lowest BCUT2D eigenvalue weighted by molar-refractivity contribution is -0.121. The van der Waals surface area contributed by atoms with Gasteiger partial charge in [0.2, 0.25) is 5.91 Å². The Balaban J connectivity index is 1.73. The van der Waals surface area contributed by atoms with Gasteiger partial charge in [0.05, 0.1) is 0 Å². The van der Waals surface area contributed by atoms with Crippen molar-refractivity contribution in [2.75, 3.05) is 12.3 Å². The lowest BCUT2D eigenvalue weighted by atomic mass is 9.97. The molecule has 1 atom stereocenters. The lowest BCUT2D eigenvalue weighted by Gasteiger charge is -2.12. The molecule has 0 fully saturated rings. The minimum atomic E-state index is 0.0989. The molecule has 110 valence electrons. The van der Waals surface area contributed by atoms with E-state index in [2.05, 4.69) is 24.4 Å². The minimum absolute atomic E-state index is 0.0989. The molecule has 2 rings (SSSR count). The van der Waals surface area contributed by atoms with Crippen LogP contribution in [0.4, 0.5) is 5.69 Å². The Morgan fingerprint density at radius 1 is 1.10 bits per heavy atom. The van der Waals surface area contributed by atoms with Crippen molar-refractivity contribution >= 4 is 11.6 Å². The van der Waals surface area contributed by atoms with Gasteiger partial charge in [0.25, 0.3) is 0 Å². The van der Waals surface area contributed by atoms with Gasteiger partial charge in [-0.25, -0.2) is 0 Å². The number of hydrogen-bond donors (Lipinski definition) is 2. The molecule has 0 saturated heterocycles. The first kappa shape index (κ1) is 15.1. The van der Waals surface area contributed by atoms with Crippen LogP contribution in [-0.2, 0) is 11.2 Å². The number of hydrogen-bond acceptors (Lipinski definition) is 2. The van der Waals surface area contributed by atoms with Gasteiger partial charge in [-0.2, -0.15) is 0 Å². The third-order valence-electron chi connectivity index (χ3n) is 3.58. The number of anilines is 1. The Bertz CT molecular complexity index is 564. The summed E-state index contributed by atoms with van der Waals surface area (Å²) in [5, 5.41) is 2.98. The molecule has 0 saturated carbocycles. The maximum Gasteiger partial charge on any atom is 0.220 e. The molecule has 21 heavy (non-hydrogen) atoms. The van der Waals surface area contributed by atoms with Crippen LogP contribution in [-0.4, -0.2) is 12.5 Å². The molecule has 0 spiro atoms. The first-order valence-corrected chi connectivity index (χ1v) is 7.31. The SMILES string of the molecule is CC(CC(=O)NCCc1ccc(N)cc1)c1ccccc1. The molecule has 3 heteroatoms. The Kier molecular flexibility index (Phi) is 5.38. The third-order valence-corrected chi connectivity index (χ3v) is 3.58. The van der Waals surface area contributed by atoms with E-state index in [0.29, 0.717) is 13.0 Å². The monoisotopic (exact) mass is 282 g/mol. The minimum Gasteiger partial charge on any atom is -0.399 e. The fraction of sp³-hybridized carbons (Fsp3) is 0.278. The van der Waals surface area contributed by atoms with Gasteiger partial charge in [0, 0.05) is 18.7 Å². The zero-order chi connectivity index (χ0) is 15.1. The molecule has 0 aromatic heterocycles. The van der Waals surface area contributed by atoms with Crippen LogP contribution >= 0.6 is 0 Å². The highest BCUT2D eigenvalue weighted by molar-refractivity contribution is 5.76. The zero-order valence-electron chi connectivity index (χ0n) is 12.4. The van der Waals surface area contributed by atoms with Crippen LogP contribution in [0.15, 0.2) is 54.6 Å². The van der Waals surface area contributed by atoms with Crippen LogP contribution in [0.1, 0.15) is 30.4 Å². The van der Waals surface area contributed by atoms with Crippen molar-refractivity contribution in [1.82, 2.24) is 5.32 Å². The van der Waals surface area contributed by atoms with Crippen LogP contribution in [0.25, 0.3) is 0 Å². The number of carbonyl (C=O) groups is 1. The second-order valence-corrected chi connectivity index (χ2v) is 5.36. The van der Waals surface area contributed by atoms with Crippen LogP contribution in [0.3, 0.4) is 0 Å². The topological polar surface area (TPSA) is 55.1 Å². The van der Waals surface area contributed by atoms with E-state index in [1.807, 2.05) is 42.5 Å². The Labute approximate surface area is 126 Å². The molecule has 0 bridgehead atoms. The third kappa shape index (κ3) is 4.95. The maximum absolute atomic E-state index is 11.9. The number of nitrogens with one attached hydrogen (secondary N) is 1. The molecule has 0 aliphatic heterocycles. The van der Waals surface area contributed by atoms with Crippen LogP contribution in [0, 0.1) is 0 Å². The molecule has 0 aliphatic carbocycles. The molecule has 0 radical (unpaired) electrons. The smallest absolute Gasteiger partial charge is 0.220 e. The summed E-state index contributed by atoms with van der Waals surface area (Å²) in [6, 6.07) is 17.9. The molecule has 2 aromatic carbocycles. The van der Waals surface area contributed by atoms with Gasteiger partial charge < -0.3 is 11.1 Å². The van der Waals surface area contributed by atoms with Crippen molar-refractivity contribution in [2.45, 2.75) is 25.7 Å². The van der Waals surface area contributed by atoms with E-state index < -0.39 is 0 Å². The van der Waals surface area contributed by atoms with Crippen molar-refractivity contribution in [1.29, 1.82) is 0 Å². The van der Waals surface area contributed by atoms with E-state index in [9.17, 15) is 4.79 Å². The molecule has 0 heterocycles. The van der Waals surface area contributed by atoms with E-state index in [1.165, 1.54) is 11.1 Å². The van der Waals surface area contributed by atoms with Crippen LogP contribution in [0.5, 0.6) is 0 Å². The van der Waals surface area contributed by atoms with Gasteiger partial charge in [-0.05, 0) is 35.6 Å². The summed E-state index contributed by atoms with van der Waals surface area (Å²) in [5.41, 5.74) is 8.79. The highest BCUT2D eigenvalue weighted by Crippen LogP contribution is 2.17. The number of benzene rings is 2. The van der Waals surface area contributed by atoms with Gasteiger partial charge >= 0.3 is 0 Å². The summed E-state index contributed by atoms with van der Waals surface area (Å²) in [6.07, 6.45) is 1.34. The fourth-order valence-electron chi connectivity index (χ4n) is 2.28. The predicted molar refractivity (Wildman–Crippen MR) is 87.0 cm³/mol. The number of carbonyl (C=O) groups excluding carboxylic acids is 1. The van der Waals surface area contributed by atoms with Crippen molar-refractivity contribution in [3.8, 4) is 0 Å². The van der Waals surface area contributed by atoms with E-state index >= 15 is 0 Å². The van der Waals surface area contributed by atoms with E-state index in [1.54, 1.807) is 0 Å². The summed E-state index contributed by atoms with van der Waals surface area (Å²) in [6.45, 7) is 2.74. The normalized spacial score (nSPS) is 11.9. The lowest BCUT2D eigenvalue weighted by Crippen LogP contribution is -2.26. The number of rotatable bonds is 6. The highest BCUT2D eigenvalue weighted by Gasteiger charge is 2.10. The predicted octanol–water partition coefficient (Wildman–Crippen LogP) is 3.12. The van der Waals surface area contributed by atoms with Gasteiger partial charge in [-0.3, -0.25) is 4.79 Å². The van der Waals surface area contributed by atoms with Crippen molar-refractivity contribution < 1.29 is 4.79 Å². The van der Waals surface area contributed by atoms with Gasteiger partial charge in [-0.15, -0.1) is 0 Å². The number of nitrogen functional groups attached to an aromatic ring is 1. The molecule has 1 unspecified atom stereocenters. The van der Waals surface area contributed by atoms with Crippen LogP contribution in [0.2, 0.25) is 0 Å². The second-order valence-electron chi connectivity index (χ2n) is 5.36. The van der Waals surface area contributed by atoms with Crippen molar-refractivity contribution in [3.63, 3.8) is 0 Å². The molecule has 0 aliphatic rings. The molecule has 2 aromatic rings. The standard InChI is InChI=1S/C18H22N2O/c1-14(16-5-3-2-4-6-16)13-18(21)20-12-11-15-7-9-17(19)10-8-15/h2-10,14H,11-13,19H2,1H3,(H,20,21). The summed E-state index contributed by atoms with van der Waals surface area (Å²) < 4.78 is 0. The molecule has 1 amide bonds. The van der Waals surface area contributed by atoms with E-state index in [0.717, 1.165) is 12.1 Å². The molecule has 3 N–H and O–H groups in total. The quantitative estimate of drug-likeness (QED) is 0.800. The van der Waals surface area contributed by atoms with E-state index in [4.69, 9.17) is 5.73 Å². The average Bonchev–Trinajstić information content (AvgIpc) is 2.50. The zero-order valence-corrected chi connectivity index (χ0v) is 12.4. The van der Waals surface area contributed by atoms with Gasteiger partial charge in [-0.1, -0.05) is 49.4 Å². The van der Waals surface area contributed by atoms with E-state index in [-0.39, 0.29) is 11.8 Å². The Morgan fingerprint density at radius 3 is 2.43 bits per heavy atom. The fourth-order valence-corrected chi connectivity index (χ4v) is 2.28. The largest absolute Gasteiger partial charge is 0.399 e. The summed E-state index contributed by atoms with van der Waals surface area (Å²) >= 11 is 0. The van der Waals surface area contributed by atoms with Crippen LogP contribution < -0.4 is 11.1 Å². The number of amides is 1. The van der Waals surface area contributed by atoms with Gasteiger partial charge in [0.1, 0.15) is 0 Å². The summed E-state index contributed by atoms with van der Waals surface area (Å²) in [7, 11) is 0. The number of nitrogens with two attached hydrogens (primary N) is 1. The highest BCUT2D eigenvalue weighted by atomic mass is 16.1. The summed E-state index contributed by atoms with van der Waals surface area (Å²) in [4.78, 5) is 11.9. The molecular formula is C18H22N2O. The van der Waals surface area contributed by atoms with Crippen molar-refractivity contribution in [3.05, 3.63) is 65.7 Å². The summed E-state index contributed by atoms with van der Waals surface area (Å²) in [5.74, 6) is 0.338. The van der Waals surface area contributed by atoms with Gasteiger partial charge in [0.15, 0.2) is 0 Å². The first-order chi connectivity index (χ1) is 10.1. The first-order valence-electron chi connectivity index (χ1n) is 7.31. The Hall–Kier alpha value is -2.29. The second kappa shape index (κ2) is 7.48. The average molecular weight is 282 g/mol. The van der Waals surface area contributed by atoms with Crippen molar-refractivity contribution in [2.24, 2.45) is 0 Å².